The number of carbonyl (C=O) groups excluding carboxylic acids is 1. The Balaban J connectivity index is 0.000000194. The van der Waals surface area contributed by atoms with Crippen LogP contribution < -0.4 is 0 Å². The second-order valence-electron chi connectivity index (χ2n) is 21.1. The zero-order chi connectivity index (χ0) is 45.5. The smallest absolute Gasteiger partial charge is 0.166 e. The molecule has 9 rings (SSSR count). The average molecular weight is 834 g/mol. The average Bonchev–Trinajstić information content (AvgIpc) is 3.93. The van der Waals surface area contributed by atoms with Gasteiger partial charge in [0.2, 0.25) is 0 Å². The number of benzene rings is 5. The standard InChI is InChI=1S/C36H38N2O.C22H25NO/c1-20-14-15-24-26(16-20)27(37-32(24)30-21(2)17-23(18-22(30)3)35(4,5)6)19-28-31(36(7,8)9)34-33(38-28)25-12-10-11-13-29(25)39-34;1-13-7-8-17-18(9-13)19(12-24)23-21(17)20-14(2)10-16(11-15(20)3)22(4,5)6/h10-19,38H,1-9H3;7-12,23H,1-6H3. The van der Waals surface area contributed by atoms with Crippen molar-refractivity contribution in [2.45, 2.75) is 120 Å². The highest BCUT2D eigenvalue weighted by molar-refractivity contribution is 6.23. The number of fused-ring (bicyclic) bond motifs is 5. The number of hydrogen-bond acceptors (Lipinski definition) is 3. The number of aldehydes is 1. The first kappa shape index (κ1) is 43.4. The van der Waals surface area contributed by atoms with Crippen LogP contribution in [0.4, 0.5) is 0 Å². The fourth-order valence-corrected chi connectivity index (χ4v) is 9.49. The molecule has 5 heteroatoms. The van der Waals surface area contributed by atoms with E-state index in [9.17, 15) is 4.79 Å². The first-order valence-electron chi connectivity index (χ1n) is 22.3. The number of rotatable bonds is 4. The largest absolute Gasteiger partial charge is 0.454 e. The van der Waals surface area contributed by atoms with Crippen LogP contribution in [-0.4, -0.2) is 22.0 Å². The Morgan fingerprint density at radius 3 is 1.71 bits per heavy atom. The molecular weight excluding hydrogens is 771 g/mol. The molecule has 0 unspecified atom stereocenters. The van der Waals surface area contributed by atoms with Crippen LogP contribution in [0.5, 0.6) is 0 Å². The molecule has 63 heavy (non-hydrogen) atoms. The molecule has 5 aromatic carbocycles. The molecule has 2 N–H and O–H groups in total. The number of aliphatic imine (C=N–C) groups is 1. The number of carbonyl (C=O) groups is 1. The van der Waals surface area contributed by atoms with E-state index in [1.54, 1.807) is 0 Å². The summed E-state index contributed by atoms with van der Waals surface area (Å²) in [5, 5.41) is 3.22. The lowest BCUT2D eigenvalue weighted by molar-refractivity contribution is 0.112. The minimum Gasteiger partial charge on any atom is -0.454 e. The van der Waals surface area contributed by atoms with Gasteiger partial charge < -0.3 is 14.4 Å². The zero-order valence-electron chi connectivity index (χ0n) is 40.0. The molecular formula is C58H63N3O2. The molecule has 0 amide bonds. The van der Waals surface area contributed by atoms with Gasteiger partial charge in [0.15, 0.2) is 11.9 Å². The Morgan fingerprint density at radius 2 is 1.13 bits per heavy atom. The number of aryl methyl sites for hydroxylation is 6. The summed E-state index contributed by atoms with van der Waals surface area (Å²) in [6.45, 7) is 33.2. The van der Waals surface area contributed by atoms with Gasteiger partial charge in [-0.15, -0.1) is 0 Å². The second kappa shape index (κ2) is 15.6. The van der Waals surface area contributed by atoms with Gasteiger partial charge in [-0.25, -0.2) is 4.99 Å². The van der Waals surface area contributed by atoms with E-state index in [-0.39, 0.29) is 16.2 Å². The molecule has 1 aliphatic heterocycles. The van der Waals surface area contributed by atoms with Crippen LogP contribution in [0.2, 0.25) is 0 Å². The number of H-pyrrole nitrogens is 2. The third-order valence-corrected chi connectivity index (χ3v) is 12.7. The zero-order valence-corrected chi connectivity index (χ0v) is 40.0. The van der Waals surface area contributed by atoms with Crippen molar-refractivity contribution in [2.24, 2.45) is 4.99 Å². The van der Waals surface area contributed by atoms with Gasteiger partial charge >= 0.3 is 0 Å². The van der Waals surface area contributed by atoms with Crippen molar-refractivity contribution in [1.29, 1.82) is 0 Å². The van der Waals surface area contributed by atoms with Gasteiger partial charge in [-0.3, -0.25) is 4.79 Å². The third-order valence-electron chi connectivity index (χ3n) is 12.7. The minimum atomic E-state index is -0.116. The molecule has 4 heterocycles. The Bertz CT molecular complexity index is 3140. The maximum Gasteiger partial charge on any atom is 0.166 e. The van der Waals surface area contributed by atoms with E-state index in [4.69, 9.17) is 9.41 Å². The molecule has 0 atom stereocenters. The first-order chi connectivity index (χ1) is 29.5. The van der Waals surface area contributed by atoms with Crippen molar-refractivity contribution in [2.75, 3.05) is 0 Å². The van der Waals surface area contributed by atoms with Crippen molar-refractivity contribution in [3.8, 4) is 11.3 Å². The van der Waals surface area contributed by atoms with Crippen molar-refractivity contribution in [3.05, 3.63) is 163 Å². The third kappa shape index (κ3) is 7.92. The quantitative estimate of drug-likeness (QED) is 0.173. The van der Waals surface area contributed by atoms with Gasteiger partial charge in [-0.2, -0.15) is 0 Å². The highest BCUT2D eigenvalue weighted by atomic mass is 16.3. The second-order valence-corrected chi connectivity index (χ2v) is 21.1. The summed E-state index contributed by atoms with van der Waals surface area (Å²) in [5.41, 5.74) is 23.9. The molecule has 0 spiro atoms. The molecule has 0 saturated heterocycles. The maximum atomic E-state index is 11.5. The van der Waals surface area contributed by atoms with Crippen LogP contribution >= 0.6 is 0 Å². The summed E-state index contributed by atoms with van der Waals surface area (Å²) in [4.78, 5) is 23.9. The van der Waals surface area contributed by atoms with E-state index in [1.807, 2.05) is 12.1 Å². The molecule has 0 bridgehead atoms. The van der Waals surface area contributed by atoms with Crippen LogP contribution in [0, 0.1) is 41.5 Å². The summed E-state index contributed by atoms with van der Waals surface area (Å²) in [6.07, 6.45) is 3.14. The maximum absolute atomic E-state index is 11.5. The highest BCUT2D eigenvalue weighted by Crippen LogP contribution is 2.43. The molecule has 0 aliphatic carbocycles. The van der Waals surface area contributed by atoms with Crippen LogP contribution in [-0.2, 0) is 16.2 Å². The van der Waals surface area contributed by atoms with Crippen LogP contribution in [0.3, 0.4) is 0 Å². The van der Waals surface area contributed by atoms with Gasteiger partial charge in [0.05, 0.1) is 28.3 Å². The van der Waals surface area contributed by atoms with E-state index in [0.717, 1.165) is 67.5 Å². The normalized spacial score (nSPS) is 13.8. The van der Waals surface area contributed by atoms with Gasteiger partial charge in [-0.1, -0.05) is 134 Å². The Morgan fingerprint density at radius 1 is 0.556 bits per heavy atom. The molecule has 0 saturated carbocycles. The Labute approximate surface area is 373 Å². The number of nitrogens with zero attached hydrogens (tertiary/aromatic N) is 1. The van der Waals surface area contributed by atoms with Crippen molar-refractivity contribution in [3.63, 3.8) is 0 Å². The summed E-state index contributed by atoms with van der Waals surface area (Å²) >= 11 is 0. The summed E-state index contributed by atoms with van der Waals surface area (Å²) in [6, 6.07) is 30.4. The number of aromatic amines is 2. The van der Waals surface area contributed by atoms with Crippen LogP contribution in [0.15, 0.2) is 94.3 Å². The molecule has 0 fully saturated rings. The molecule has 8 aromatic rings. The number of furan rings is 1. The fourth-order valence-electron chi connectivity index (χ4n) is 9.49. The predicted molar refractivity (Wildman–Crippen MR) is 268 cm³/mol. The molecule has 0 radical (unpaired) electrons. The highest BCUT2D eigenvalue weighted by Gasteiger charge is 2.30. The van der Waals surface area contributed by atoms with E-state index in [2.05, 4.69) is 193 Å². The van der Waals surface area contributed by atoms with E-state index in [1.165, 1.54) is 66.8 Å². The Hall–Kier alpha value is -6.20. The first-order valence-corrected chi connectivity index (χ1v) is 22.3. The van der Waals surface area contributed by atoms with Gasteiger partial charge in [0.25, 0.3) is 0 Å². The lowest BCUT2D eigenvalue weighted by Crippen LogP contribution is -2.14. The van der Waals surface area contributed by atoms with Gasteiger partial charge in [0, 0.05) is 49.7 Å². The van der Waals surface area contributed by atoms with Crippen LogP contribution in [0.1, 0.15) is 145 Å². The summed E-state index contributed by atoms with van der Waals surface area (Å²) in [7, 11) is 0. The van der Waals surface area contributed by atoms with Crippen molar-refractivity contribution in [1.82, 2.24) is 9.97 Å². The number of hydrogen-bond donors (Lipinski definition) is 2. The molecule has 1 aliphatic rings. The number of nitrogens with one attached hydrogen (secondary N) is 2. The van der Waals surface area contributed by atoms with Crippen molar-refractivity contribution < 1.29 is 9.21 Å². The monoisotopic (exact) mass is 833 g/mol. The molecule has 3 aromatic heterocycles. The Kier molecular flexibility index (Phi) is 10.7. The van der Waals surface area contributed by atoms with E-state index < -0.39 is 0 Å². The number of para-hydroxylation sites is 1. The van der Waals surface area contributed by atoms with Gasteiger partial charge in [-0.05, 0) is 122 Å². The minimum absolute atomic E-state index is 0.101. The van der Waals surface area contributed by atoms with Gasteiger partial charge in [0.1, 0.15) is 5.58 Å². The predicted octanol–water partition coefficient (Wildman–Crippen LogP) is 15.7. The lowest BCUT2D eigenvalue weighted by Gasteiger charge is -2.22. The molecule has 322 valence electrons. The summed E-state index contributed by atoms with van der Waals surface area (Å²) in [5.74, 6) is 0. The number of aromatic nitrogens is 2. The SMILES string of the molecule is Cc1ccc2c(-c3c(C)cc(C(C)(C)C)cc3C)[nH]c(C=O)c2c1.Cc1ccc2c(c1)C(=Cc1[nH]c3c(oc4ccccc43)c1C(C)(C)C)N=C2c1c(C)cc(C(C)(C)C)cc1C. The lowest BCUT2D eigenvalue weighted by atomic mass is 9.82. The van der Waals surface area contributed by atoms with Crippen LogP contribution in [0.25, 0.3) is 55.9 Å². The van der Waals surface area contributed by atoms with E-state index >= 15 is 0 Å². The fraction of sp³-hybridized carbons (Fsp3) is 0.310. The van der Waals surface area contributed by atoms with Crippen molar-refractivity contribution >= 4 is 56.6 Å². The summed E-state index contributed by atoms with van der Waals surface area (Å²) < 4.78 is 6.41. The van der Waals surface area contributed by atoms with E-state index in [0.29, 0.717) is 5.69 Å². The topological polar surface area (TPSA) is 74.2 Å². The molecule has 5 nitrogen and oxygen atoms in total.